The van der Waals surface area contributed by atoms with Crippen LogP contribution in [0.1, 0.15) is 56.9 Å². The van der Waals surface area contributed by atoms with Gasteiger partial charge in [-0.25, -0.2) is 0 Å². The van der Waals surface area contributed by atoms with Gasteiger partial charge >= 0.3 is 146 Å². The number of carbonyl (C=O) groups excluding carboxylic acids is 1. The molecule has 2 nitrogen and oxygen atoms in total. The van der Waals surface area contributed by atoms with E-state index in [1.54, 1.807) is 0 Å². The summed E-state index contributed by atoms with van der Waals surface area (Å²) in [5.74, 6) is 2.63. The van der Waals surface area contributed by atoms with Gasteiger partial charge in [-0.3, -0.25) is 0 Å². The molecule has 0 heterocycles. The van der Waals surface area contributed by atoms with E-state index < -0.39 is 0 Å². The molecule has 2 fully saturated rings. The molecule has 0 amide bonds. The molecule has 23 heavy (non-hydrogen) atoms. The molecular weight excluding hydrogens is 498 g/mol. The number of hydrogen-bond acceptors (Lipinski definition) is 2. The fraction of sp³-hybridized carbons (Fsp3) is 0.650. The van der Waals surface area contributed by atoms with Crippen molar-refractivity contribution in [3.8, 4) is 5.75 Å². The van der Waals surface area contributed by atoms with Gasteiger partial charge in [0.15, 0.2) is 0 Å². The Kier molecular flexibility index (Phi) is 6.64. The predicted molar refractivity (Wildman–Crippen MR) is 89.4 cm³/mol. The Labute approximate surface area is 169 Å². The minimum absolute atomic E-state index is 0.0144. The first-order valence-corrected chi connectivity index (χ1v) is 14.1. The van der Waals surface area contributed by atoms with Crippen molar-refractivity contribution < 1.29 is 52.3 Å². The normalized spacial score (nSPS) is 31.5. The zero-order chi connectivity index (χ0) is 16.2. The molecular formula is C20H28O2Ra. The standard InChI is InChI=1S/C20H27O2.Ra.H/c1-15-7-13-19(14-8-15)22-20(21)18-11-9-17(10-12-18)16-5-3-2-4-6-16;;/h2,7-8,13-14,16-18H,3-6,9-12H2,1H3;;. The van der Waals surface area contributed by atoms with Crippen LogP contribution in [0.15, 0.2) is 24.3 Å². The average Bonchev–Trinajstić information content (AvgIpc) is 2.58. The smallest absolute Gasteiger partial charge is 0.0556 e. The number of esters is 1. The van der Waals surface area contributed by atoms with Crippen molar-refractivity contribution >= 4 is 5.97 Å². The van der Waals surface area contributed by atoms with Crippen LogP contribution in [-0.4, -0.2) is 5.97 Å². The van der Waals surface area contributed by atoms with E-state index >= 15 is 0 Å². The molecule has 0 saturated heterocycles. The summed E-state index contributed by atoms with van der Waals surface area (Å²) >= 11 is 0.718. The SMILES string of the molecule is Cc1ccc(OC(=O)C2CCC(C3CC[CH]([RaH])CC3)CC2)cc1. The fourth-order valence-corrected chi connectivity index (χ4v) is 7.13. The van der Waals surface area contributed by atoms with Gasteiger partial charge in [0.25, 0.3) is 0 Å². The van der Waals surface area contributed by atoms with Crippen LogP contribution in [0.2, 0.25) is 0.959 Å². The molecule has 0 N–H and O–H groups in total. The molecule has 2 saturated carbocycles. The molecule has 3 rings (SSSR count). The third-order valence-electron chi connectivity index (χ3n) is 6.07. The molecule has 1 aromatic carbocycles. The van der Waals surface area contributed by atoms with Crippen LogP contribution in [0.5, 0.6) is 5.75 Å². The van der Waals surface area contributed by atoms with Crippen molar-refractivity contribution in [2.75, 3.05) is 0 Å². The van der Waals surface area contributed by atoms with Crippen LogP contribution in [-0.2, 0) is 4.79 Å². The maximum absolute atomic E-state index is 12.4. The van der Waals surface area contributed by atoms with Gasteiger partial charge in [0.1, 0.15) is 0 Å². The molecule has 0 atom stereocenters. The first-order valence-electron chi connectivity index (χ1n) is 9.40. The van der Waals surface area contributed by atoms with E-state index in [2.05, 4.69) is 0 Å². The van der Waals surface area contributed by atoms with Gasteiger partial charge < -0.3 is 0 Å². The first-order chi connectivity index (χ1) is 11.1. The van der Waals surface area contributed by atoms with Crippen molar-refractivity contribution in [3.05, 3.63) is 29.8 Å². The maximum atomic E-state index is 12.4. The van der Waals surface area contributed by atoms with Gasteiger partial charge in [-0.15, -0.1) is 0 Å². The van der Waals surface area contributed by atoms with Gasteiger partial charge in [-0.1, -0.05) is 17.7 Å². The molecule has 0 aromatic heterocycles. The van der Waals surface area contributed by atoms with Crippen LogP contribution in [0.3, 0.4) is 0 Å². The zero-order valence-corrected chi connectivity index (χ0v) is 22.8. The number of rotatable bonds is 3. The number of benzene rings is 1. The molecule has 3 heteroatoms. The van der Waals surface area contributed by atoms with E-state index in [0.29, 0.717) is 5.75 Å². The van der Waals surface area contributed by atoms with Gasteiger partial charge in [-0.2, -0.15) is 0 Å². The number of hydrogen-bond donors (Lipinski definition) is 0. The first kappa shape index (κ1) is 18.0. The second kappa shape index (κ2) is 8.50. The number of aryl methyl sites for hydroxylation is 1. The van der Waals surface area contributed by atoms with Crippen molar-refractivity contribution in [1.82, 2.24) is 0 Å². The molecule has 2 aliphatic carbocycles. The second-order valence-corrected chi connectivity index (χ2v) is 14.6. The molecule has 0 radical (unpaired) electrons. The molecule has 0 spiro atoms. The van der Waals surface area contributed by atoms with E-state index in [-0.39, 0.29) is 11.9 Å². The Bertz CT molecular complexity index is 509. The summed E-state index contributed by atoms with van der Waals surface area (Å²) in [6.45, 7) is 2.04. The van der Waals surface area contributed by atoms with Crippen LogP contribution >= 0.6 is 0 Å². The summed E-state index contributed by atoms with van der Waals surface area (Å²) in [6.07, 6.45) is 10.5. The molecule has 122 valence electrons. The van der Waals surface area contributed by atoms with E-state index in [4.69, 9.17) is 4.74 Å². The summed E-state index contributed by atoms with van der Waals surface area (Å²) in [6, 6.07) is 7.78. The monoisotopic (exact) mass is 526 g/mol. The zero-order valence-electron chi connectivity index (χ0n) is 14.6. The van der Waals surface area contributed by atoms with Crippen molar-refractivity contribution in [2.45, 2.75) is 59.2 Å². The summed E-state index contributed by atoms with van der Waals surface area (Å²) in [5.41, 5.74) is 1.19. The van der Waals surface area contributed by atoms with Gasteiger partial charge in [0.05, 0.1) is 0 Å². The molecule has 0 unspecified atom stereocenters. The Morgan fingerprint density at radius 2 is 1.43 bits per heavy atom. The quantitative estimate of drug-likeness (QED) is 0.411. The molecule has 0 aliphatic heterocycles. The fourth-order valence-electron chi connectivity index (χ4n) is 4.39. The predicted octanol–water partition coefficient (Wildman–Crippen LogP) is 4.97. The summed E-state index contributed by atoms with van der Waals surface area (Å²) in [5, 5.41) is 0. The van der Waals surface area contributed by atoms with Crippen LogP contribution in [0.25, 0.3) is 0 Å². The van der Waals surface area contributed by atoms with Gasteiger partial charge in [0, 0.05) is 0 Å². The van der Waals surface area contributed by atoms with E-state index in [0.717, 1.165) is 68.4 Å². The van der Waals surface area contributed by atoms with E-state index in [1.165, 1.54) is 44.1 Å². The van der Waals surface area contributed by atoms with Crippen LogP contribution < -0.4 is 4.74 Å². The Hall–Kier alpha value is 0.158. The Morgan fingerprint density at radius 1 is 0.913 bits per heavy atom. The number of carbonyl (C=O) groups is 1. The average molecular weight is 526 g/mol. The Morgan fingerprint density at radius 3 is 2.00 bits per heavy atom. The van der Waals surface area contributed by atoms with Crippen molar-refractivity contribution in [1.29, 1.82) is 0 Å². The van der Waals surface area contributed by atoms with Crippen molar-refractivity contribution in [2.24, 2.45) is 17.8 Å². The van der Waals surface area contributed by atoms with Gasteiger partial charge in [-0.05, 0) is 6.92 Å². The minimum Gasteiger partial charge on any atom is -0.0556 e. The van der Waals surface area contributed by atoms with E-state index in [9.17, 15) is 4.79 Å². The summed E-state index contributed by atoms with van der Waals surface area (Å²) in [7, 11) is 0. The molecule has 0 bridgehead atoms. The molecule has 2 aliphatic rings. The summed E-state index contributed by atoms with van der Waals surface area (Å²) < 4.78 is 6.73. The molecule has 1 aromatic rings. The number of ether oxygens (including phenoxy) is 1. The van der Waals surface area contributed by atoms with Crippen LogP contribution in [0, 0.1) is 67.5 Å². The Balaban J connectivity index is 1.46. The topological polar surface area (TPSA) is 26.3 Å². The third kappa shape index (κ3) is 5.07. The van der Waals surface area contributed by atoms with Crippen molar-refractivity contribution in [3.63, 3.8) is 0 Å². The minimum atomic E-state index is -0.0144. The van der Waals surface area contributed by atoms with E-state index in [1.807, 2.05) is 31.2 Å². The van der Waals surface area contributed by atoms with Crippen LogP contribution in [0.4, 0.5) is 0 Å². The summed E-state index contributed by atoms with van der Waals surface area (Å²) in [4.78, 5) is 12.4. The second-order valence-electron chi connectivity index (χ2n) is 7.87. The van der Waals surface area contributed by atoms with Gasteiger partial charge in [0.2, 0.25) is 0 Å². The third-order valence-corrected chi connectivity index (χ3v) is 10.8.